The van der Waals surface area contributed by atoms with Gasteiger partial charge in [-0.25, -0.2) is 0 Å². The van der Waals surface area contributed by atoms with Gasteiger partial charge < -0.3 is 10.1 Å². The zero-order valence-electron chi connectivity index (χ0n) is 10.2. The molecule has 0 aliphatic rings. The number of hydrogen-bond acceptors (Lipinski definition) is 4. The Morgan fingerprint density at radius 2 is 2.41 bits per heavy atom. The Morgan fingerprint density at radius 1 is 1.71 bits per heavy atom. The molecule has 1 atom stereocenters. The fraction of sp³-hybridized carbons (Fsp3) is 0.417. The molecule has 0 aromatic carbocycles. The highest BCUT2D eigenvalue weighted by atomic mass is 16.5. The van der Waals surface area contributed by atoms with Crippen LogP contribution in [0.2, 0.25) is 0 Å². The molecule has 1 N–H and O–H groups in total. The molecule has 0 fully saturated rings. The van der Waals surface area contributed by atoms with E-state index in [1.165, 1.54) is 13.1 Å². The van der Waals surface area contributed by atoms with Crippen LogP contribution in [0.15, 0.2) is 12.3 Å². The molecule has 0 spiro atoms. The fourth-order valence-electron chi connectivity index (χ4n) is 1.43. The smallest absolute Gasteiger partial charge is 0.217 e. The summed E-state index contributed by atoms with van der Waals surface area (Å²) in [5, 5.41) is 11.6. The van der Waals surface area contributed by atoms with Crippen LogP contribution in [0.25, 0.3) is 0 Å². The third-order valence-corrected chi connectivity index (χ3v) is 2.17. The van der Waals surface area contributed by atoms with Crippen LogP contribution in [0.1, 0.15) is 38.1 Å². The average molecular weight is 233 g/mol. The van der Waals surface area contributed by atoms with Crippen LogP contribution in [0.5, 0.6) is 5.75 Å². The Labute approximate surface area is 100 Å². The standard InChI is InChI=1S/C12H15N3O2/c1-4-17-12-5-11(8(2)15-9(3)16)14-7-10(12)6-13/h5,7-8H,4H2,1-3H3,(H,15,16). The van der Waals surface area contributed by atoms with Crippen molar-refractivity contribution in [3.8, 4) is 11.8 Å². The van der Waals surface area contributed by atoms with E-state index in [0.29, 0.717) is 23.6 Å². The lowest BCUT2D eigenvalue weighted by Crippen LogP contribution is -2.24. The molecular formula is C12H15N3O2. The van der Waals surface area contributed by atoms with Crippen LogP contribution in [-0.2, 0) is 4.79 Å². The SMILES string of the molecule is CCOc1cc(C(C)NC(C)=O)ncc1C#N. The number of ether oxygens (including phenoxy) is 1. The summed E-state index contributed by atoms with van der Waals surface area (Å²) in [5.74, 6) is 0.374. The van der Waals surface area contributed by atoms with Crippen molar-refractivity contribution in [1.29, 1.82) is 5.26 Å². The van der Waals surface area contributed by atoms with E-state index in [-0.39, 0.29) is 11.9 Å². The maximum atomic E-state index is 10.9. The minimum atomic E-state index is -0.209. The van der Waals surface area contributed by atoms with E-state index < -0.39 is 0 Å². The maximum Gasteiger partial charge on any atom is 0.217 e. The first kappa shape index (κ1) is 13.0. The van der Waals surface area contributed by atoms with Gasteiger partial charge >= 0.3 is 0 Å². The van der Waals surface area contributed by atoms with Crippen LogP contribution >= 0.6 is 0 Å². The summed E-state index contributed by atoms with van der Waals surface area (Å²) < 4.78 is 5.35. The molecule has 0 bridgehead atoms. The number of rotatable bonds is 4. The van der Waals surface area contributed by atoms with Crippen LogP contribution in [-0.4, -0.2) is 17.5 Å². The van der Waals surface area contributed by atoms with Gasteiger partial charge in [-0.2, -0.15) is 5.26 Å². The third-order valence-electron chi connectivity index (χ3n) is 2.17. The topological polar surface area (TPSA) is 75.0 Å². The predicted octanol–water partition coefficient (Wildman–Crippen LogP) is 1.55. The Bertz CT molecular complexity index is 452. The zero-order chi connectivity index (χ0) is 12.8. The van der Waals surface area contributed by atoms with Gasteiger partial charge in [-0.05, 0) is 13.8 Å². The largest absolute Gasteiger partial charge is 0.492 e. The molecule has 1 rings (SSSR count). The predicted molar refractivity (Wildman–Crippen MR) is 62.4 cm³/mol. The van der Waals surface area contributed by atoms with Gasteiger partial charge in [0.1, 0.15) is 17.4 Å². The van der Waals surface area contributed by atoms with Gasteiger partial charge in [-0.15, -0.1) is 0 Å². The van der Waals surface area contributed by atoms with Crippen molar-refractivity contribution in [2.45, 2.75) is 26.8 Å². The summed E-state index contributed by atoms with van der Waals surface area (Å²) >= 11 is 0. The molecule has 0 aliphatic carbocycles. The Morgan fingerprint density at radius 3 is 2.94 bits per heavy atom. The van der Waals surface area contributed by atoms with Gasteiger partial charge in [0.25, 0.3) is 0 Å². The highest BCUT2D eigenvalue weighted by Crippen LogP contribution is 2.21. The molecule has 90 valence electrons. The van der Waals surface area contributed by atoms with E-state index in [0.717, 1.165) is 0 Å². The quantitative estimate of drug-likeness (QED) is 0.856. The summed E-state index contributed by atoms with van der Waals surface area (Å²) in [6.45, 7) is 5.60. The first-order valence-corrected chi connectivity index (χ1v) is 5.38. The lowest BCUT2D eigenvalue weighted by atomic mass is 10.1. The van der Waals surface area contributed by atoms with Crippen molar-refractivity contribution < 1.29 is 9.53 Å². The molecule has 5 heteroatoms. The third kappa shape index (κ3) is 3.45. The normalized spacial score (nSPS) is 11.4. The second-order valence-corrected chi connectivity index (χ2v) is 3.57. The van der Waals surface area contributed by atoms with Crippen LogP contribution in [0.3, 0.4) is 0 Å². The monoisotopic (exact) mass is 233 g/mol. The molecule has 1 aromatic rings. The van der Waals surface area contributed by atoms with Crippen molar-refractivity contribution in [1.82, 2.24) is 10.3 Å². The van der Waals surface area contributed by atoms with Crippen LogP contribution in [0, 0.1) is 11.3 Å². The number of pyridine rings is 1. The van der Waals surface area contributed by atoms with Gasteiger partial charge in [0.05, 0.1) is 18.3 Å². The second kappa shape index (κ2) is 5.85. The van der Waals surface area contributed by atoms with E-state index >= 15 is 0 Å². The van der Waals surface area contributed by atoms with E-state index in [1.807, 2.05) is 19.9 Å². The first-order valence-electron chi connectivity index (χ1n) is 5.38. The molecule has 5 nitrogen and oxygen atoms in total. The van der Waals surface area contributed by atoms with Crippen molar-refractivity contribution in [3.63, 3.8) is 0 Å². The van der Waals surface area contributed by atoms with Gasteiger partial charge in [0.15, 0.2) is 0 Å². The van der Waals surface area contributed by atoms with Gasteiger partial charge in [-0.3, -0.25) is 9.78 Å². The first-order chi connectivity index (χ1) is 8.08. The molecule has 0 saturated heterocycles. The van der Waals surface area contributed by atoms with Crippen molar-refractivity contribution in [2.75, 3.05) is 6.61 Å². The minimum Gasteiger partial charge on any atom is -0.492 e. The van der Waals surface area contributed by atoms with Gasteiger partial charge in [0.2, 0.25) is 5.91 Å². The summed E-state index contributed by atoms with van der Waals surface area (Å²) in [6, 6.07) is 3.49. The summed E-state index contributed by atoms with van der Waals surface area (Å²) in [7, 11) is 0. The number of carbonyl (C=O) groups excluding carboxylic acids is 1. The van der Waals surface area contributed by atoms with Crippen molar-refractivity contribution >= 4 is 5.91 Å². The van der Waals surface area contributed by atoms with E-state index in [9.17, 15) is 4.79 Å². The fourth-order valence-corrected chi connectivity index (χ4v) is 1.43. The lowest BCUT2D eigenvalue weighted by molar-refractivity contribution is -0.119. The van der Waals surface area contributed by atoms with E-state index in [4.69, 9.17) is 10.00 Å². The molecule has 0 radical (unpaired) electrons. The number of carbonyl (C=O) groups is 1. The Balaban J connectivity index is 2.99. The van der Waals surface area contributed by atoms with Crippen LogP contribution < -0.4 is 10.1 Å². The number of aromatic nitrogens is 1. The summed E-state index contributed by atoms with van der Waals surface area (Å²) in [6.07, 6.45) is 1.46. The number of nitrogens with one attached hydrogen (secondary N) is 1. The highest BCUT2D eigenvalue weighted by molar-refractivity contribution is 5.73. The summed E-state index contributed by atoms with van der Waals surface area (Å²) in [5.41, 5.74) is 1.06. The maximum absolute atomic E-state index is 10.9. The molecule has 0 saturated carbocycles. The average Bonchev–Trinajstić information content (AvgIpc) is 2.28. The molecule has 1 amide bonds. The van der Waals surface area contributed by atoms with E-state index in [2.05, 4.69) is 10.3 Å². The molecular weight excluding hydrogens is 218 g/mol. The van der Waals surface area contributed by atoms with Gasteiger partial charge in [0, 0.05) is 19.2 Å². The summed E-state index contributed by atoms with van der Waals surface area (Å²) in [4.78, 5) is 15.1. The molecule has 1 aromatic heterocycles. The number of nitriles is 1. The van der Waals surface area contributed by atoms with E-state index in [1.54, 1.807) is 6.07 Å². The second-order valence-electron chi connectivity index (χ2n) is 3.57. The molecule has 1 heterocycles. The molecule has 1 unspecified atom stereocenters. The molecule has 17 heavy (non-hydrogen) atoms. The highest BCUT2D eigenvalue weighted by Gasteiger charge is 2.12. The van der Waals surface area contributed by atoms with Crippen molar-refractivity contribution in [3.05, 3.63) is 23.5 Å². The van der Waals surface area contributed by atoms with Crippen LogP contribution in [0.4, 0.5) is 0 Å². The zero-order valence-corrected chi connectivity index (χ0v) is 10.2. The minimum absolute atomic E-state index is 0.124. The van der Waals surface area contributed by atoms with Gasteiger partial charge in [-0.1, -0.05) is 0 Å². The number of nitrogens with zero attached hydrogens (tertiary/aromatic N) is 2. The Kier molecular flexibility index (Phi) is 4.46. The lowest BCUT2D eigenvalue weighted by Gasteiger charge is -2.13. The number of hydrogen-bond donors (Lipinski definition) is 1. The Hall–Kier alpha value is -2.09. The number of amides is 1. The van der Waals surface area contributed by atoms with Crippen molar-refractivity contribution in [2.24, 2.45) is 0 Å². The molecule has 0 aliphatic heterocycles.